The molecule has 0 aromatic carbocycles. The van der Waals surface area contributed by atoms with Gasteiger partial charge in [0, 0.05) is 6.20 Å². The second-order valence-corrected chi connectivity index (χ2v) is 12.4. The van der Waals surface area contributed by atoms with Gasteiger partial charge in [0.25, 0.3) is 0 Å². The Morgan fingerprint density at radius 3 is 2.42 bits per heavy atom. The van der Waals surface area contributed by atoms with Crippen molar-refractivity contribution in [2.24, 2.45) is 0 Å². The SMILES string of the molecule is CC(O)(CO[Si](C)(C)C(C)(C)C)c1ncc(C=O)s1. The lowest BCUT2D eigenvalue weighted by Crippen LogP contribution is -2.44. The summed E-state index contributed by atoms with van der Waals surface area (Å²) in [5.41, 5.74) is -1.15. The number of carbonyl (C=O) groups is 1. The van der Waals surface area contributed by atoms with Gasteiger partial charge in [-0.1, -0.05) is 20.8 Å². The molecule has 0 bridgehead atoms. The van der Waals surface area contributed by atoms with Gasteiger partial charge in [-0.2, -0.15) is 0 Å². The highest BCUT2D eigenvalue weighted by atomic mass is 32.1. The number of hydrogen-bond acceptors (Lipinski definition) is 5. The second-order valence-electron chi connectivity index (χ2n) is 6.51. The van der Waals surface area contributed by atoms with Crippen LogP contribution in [-0.4, -0.2) is 31.3 Å². The van der Waals surface area contributed by atoms with Crippen LogP contribution >= 0.6 is 11.3 Å². The maximum atomic E-state index is 10.7. The molecule has 0 amide bonds. The summed E-state index contributed by atoms with van der Waals surface area (Å²) >= 11 is 1.20. The smallest absolute Gasteiger partial charge is 0.192 e. The third-order valence-corrected chi connectivity index (χ3v) is 9.27. The van der Waals surface area contributed by atoms with Gasteiger partial charge in [-0.15, -0.1) is 11.3 Å². The van der Waals surface area contributed by atoms with E-state index in [9.17, 15) is 9.90 Å². The molecule has 1 atom stereocenters. The van der Waals surface area contributed by atoms with Crippen molar-refractivity contribution in [2.45, 2.75) is 51.4 Å². The van der Waals surface area contributed by atoms with Gasteiger partial charge in [-0.3, -0.25) is 4.79 Å². The lowest BCUT2D eigenvalue weighted by molar-refractivity contribution is 0.00244. The van der Waals surface area contributed by atoms with Crippen molar-refractivity contribution in [3.05, 3.63) is 16.1 Å². The maximum absolute atomic E-state index is 10.7. The number of hydrogen-bond donors (Lipinski definition) is 1. The fourth-order valence-electron chi connectivity index (χ4n) is 1.19. The Labute approximate surface area is 120 Å². The average Bonchev–Trinajstić information content (AvgIpc) is 2.74. The van der Waals surface area contributed by atoms with E-state index in [0.717, 1.165) is 6.29 Å². The van der Waals surface area contributed by atoms with Crippen molar-refractivity contribution < 1.29 is 14.3 Å². The summed E-state index contributed by atoms with van der Waals surface area (Å²) in [5.74, 6) is 0. The molecule has 0 radical (unpaired) electrons. The zero-order valence-electron chi connectivity index (χ0n) is 12.5. The van der Waals surface area contributed by atoms with E-state index >= 15 is 0 Å². The van der Waals surface area contributed by atoms with Gasteiger partial charge >= 0.3 is 0 Å². The Bertz CT molecular complexity index is 449. The molecule has 108 valence electrons. The highest BCUT2D eigenvalue weighted by molar-refractivity contribution is 7.13. The molecule has 1 heterocycles. The van der Waals surface area contributed by atoms with Gasteiger partial charge in [0.05, 0.1) is 11.5 Å². The van der Waals surface area contributed by atoms with Crippen LogP contribution in [0.3, 0.4) is 0 Å². The summed E-state index contributed by atoms with van der Waals surface area (Å²) in [6, 6.07) is 0. The molecule has 1 aromatic heterocycles. The van der Waals surface area contributed by atoms with Gasteiger partial charge < -0.3 is 9.53 Å². The van der Waals surface area contributed by atoms with Crippen molar-refractivity contribution in [1.82, 2.24) is 4.98 Å². The first-order valence-electron chi connectivity index (χ1n) is 6.27. The Morgan fingerprint density at radius 2 is 2.00 bits per heavy atom. The second kappa shape index (κ2) is 5.44. The standard InChI is InChI=1S/C13H23NO3SSi/c1-12(2,3)19(5,6)17-9-13(4,16)11-14-7-10(8-15)18-11/h7-8,16H,9H2,1-6H3. The van der Waals surface area contributed by atoms with E-state index in [1.165, 1.54) is 17.5 Å². The fraction of sp³-hybridized carbons (Fsp3) is 0.692. The van der Waals surface area contributed by atoms with Crippen LogP contribution in [0.2, 0.25) is 18.1 Å². The minimum Gasteiger partial charge on any atom is -0.413 e. The van der Waals surface area contributed by atoms with E-state index in [-0.39, 0.29) is 11.6 Å². The molecule has 19 heavy (non-hydrogen) atoms. The van der Waals surface area contributed by atoms with E-state index in [4.69, 9.17) is 4.43 Å². The van der Waals surface area contributed by atoms with Crippen LogP contribution in [0.1, 0.15) is 42.4 Å². The number of aldehydes is 1. The minimum absolute atomic E-state index is 0.0971. The summed E-state index contributed by atoms with van der Waals surface area (Å²) in [6.45, 7) is 12.6. The van der Waals surface area contributed by atoms with Crippen LogP contribution in [-0.2, 0) is 10.0 Å². The van der Waals surface area contributed by atoms with Gasteiger partial charge in [-0.05, 0) is 25.1 Å². The predicted molar refractivity (Wildman–Crippen MR) is 80.2 cm³/mol. The molecule has 0 aliphatic rings. The summed E-state index contributed by atoms with van der Waals surface area (Å²) < 4.78 is 6.02. The molecule has 0 aliphatic carbocycles. The number of aromatic nitrogens is 1. The molecule has 1 rings (SSSR count). The summed E-state index contributed by atoms with van der Waals surface area (Å²) in [6.07, 6.45) is 2.22. The molecule has 1 aromatic rings. The summed E-state index contributed by atoms with van der Waals surface area (Å²) in [5, 5.41) is 11.1. The van der Waals surface area contributed by atoms with Crippen LogP contribution in [0.25, 0.3) is 0 Å². The molecular formula is C13H23NO3SSi. The van der Waals surface area contributed by atoms with Gasteiger partial charge in [-0.25, -0.2) is 4.98 Å². The predicted octanol–water partition coefficient (Wildman–Crippen LogP) is 3.18. The molecule has 1 unspecified atom stereocenters. The fourth-order valence-corrected chi connectivity index (χ4v) is 3.03. The number of carbonyl (C=O) groups excluding carboxylic acids is 1. The average molecular weight is 301 g/mol. The number of thiazole rings is 1. The normalized spacial score (nSPS) is 16.2. The van der Waals surface area contributed by atoms with Crippen LogP contribution in [0.5, 0.6) is 0 Å². The highest BCUT2D eigenvalue weighted by Crippen LogP contribution is 2.38. The molecule has 0 saturated heterocycles. The largest absolute Gasteiger partial charge is 0.413 e. The van der Waals surface area contributed by atoms with Gasteiger partial charge in [0.15, 0.2) is 14.6 Å². The Balaban J connectivity index is 2.78. The molecule has 0 spiro atoms. The number of rotatable bonds is 5. The summed E-state index contributed by atoms with van der Waals surface area (Å²) in [7, 11) is -1.90. The zero-order chi connectivity index (χ0) is 14.9. The van der Waals surface area contributed by atoms with E-state index in [1.807, 2.05) is 0 Å². The van der Waals surface area contributed by atoms with E-state index in [1.54, 1.807) is 6.92 Å². The van der Waals surface area contributed by atoms with E-state index in [2.05, 4.69) is 38.8 Å². The molecule has 0 aliphatic heterocycles. The molecule has 4 nitrogen and oxygen atoms in total. The number of nitrogens with zero attached hydrogens (tertiary/aromatic N) is 1. The van der Waals surface area contributed by atoms with E-state index < -0.39 is 13.9 Å². The van der Waals surface area contributed by atoms with Crippen molar-refractivity contribution in [3.63, 3.8) is 0 Å². The maximum Gasteiger partial charge on any atom is 0.192 e. The third-order valence-electron chi connectivity index (χ3n) is 3.62. The van der Waals surface area contributed by atoms with Crippen molar-refractivity contribution in [1.29, 1.82) is 0 Å². The third kappa shape index (κ3) is 3.95. The van der Waals surface area contributed by atoms with Crippen molar-refractivity contribution in [3.8, 4) is 0 Å². The van der Waals surface area contributed by atoms with Crippen molar-refractivity contribution in [2.75, 3.05) is 6.61 Å². The Hall–Kier alpha value is -0.563. The minimum atomic E-state index is -1.90. The number of aliphatic hydroxyl groups is 1. The highest BCUT2D eigenvalue weighted by Gasteiger charge is 2.39. The van der Waals surface area contributed by atoms with Crippen LogP contribution in [0.15, 0.2) is 6.20 Å². The summed E-state index contributed by atoms with van der Waals surface area (Å²) in [4.78, 5) is 15.3. The molecule has 6 heteroatoms. The monoisotopic (exact) mass is 301 g/mol. The Morgan fingerprint density at radius 1 is 1.42 bits per heavy atom. The molecule has 1 N–H and O–H groups in total. The lowest BCUT2D eigenvalue weighted by atomic mass is 10.1. The molecular weight excluding hydrogens is 278 g/mol. The van der Waals surface area contributed by atoms with E-state index in [0.29, 0.717) is 9.88 Å². The quantitative estimate of drug-likeness (QED) is 0.670. The lowest BCUT2D eigenvalue weighted by Gasteiger charge is -2.38. The topological polar surface area (TPSA) is 59.4 Å². The van der Waals surface area contributed by atoms with Crippen LogP contribution in [0, 0.1) is 0 Å². The van der Waals surface area contributed by atoms with Gasteiger partial charge in [0.1, 0.15) is 10.6 Å². The van der Waals surface area contributed by atoms with Crippen LogP contribution in [0.4, 0.5) is 0 Å². The molecule has 0 saturated carbocycles. The van der Waals surface area contributed by atoms with Crippen LogP contribution < -0.4 is 0 Å². The first-order valence-corrected chi connectivity index (χ1v) is 10.00. The molecule has 0 fully saturated rings. The van der Waals surface area contributed by atoms with Crippen molar-refractivity contribution >= 4 is 25.9 Å². The first kappa shape index (κ1) is 16.5. The Kier molecular flexibility index (Phi) is 4.72. The van der Waals surface area contributed by atoms with Gasteiger partial charge in [0.2, 0.25) is 0 Å². The first-order chi connectivity index (χ1) is 8.49. The zero-order valence-corrected chi connectivity index (χ0v) is 14.3.